The summed E-state index contributed by atoms with van der Waals surface area (Å²) in [6.07, 6.45) is 1.50. The van der Waals surface area contributed by atoms with E-state index in [4.69, 9.17) is 4.52 Å². The van der Waals surface area contributed by atoms with E-state index in [0.717, 1.165) is 21.6 Å². The van der Waals surface area contributed by atoms with Gasteiger partial charge in [-0.05, 0) is 49.8 Å². The van der Waals surface area contributed by atoms with E-state index in [0.29, 0.717) is 62.1 Å². The third kappa shape index (κ3) is 5.18. The van der Waals surface area contributed by atoms with Crippen LogP contribution in [0, 0.1) is 20.8 Å². The Labute approximate surface area is 198 Å². The van der Waals surface area contributed by atoms with Gasteiger partial charge in [0.2, 0.25) is 27.6 Å². The molecule has 176 valence electrons. The molecule has 33 heavy (non-hydrogen) atoms. The van der Waals surface area contributed by atoms with Crippen molar-refractivity contribution >= 4 is 27.3 Å². The second kappa shape index (κ2) is 9.74. The summed E-state index contributed by atoms with van der Waals surface area (Å²) in [7, 11) is -3.59. The van der Waals surface area contributed by atoms with Gasteiger partial charge in [0.05, 0.1) is 9.77 Å². The zero-order valence-corrected chi connectivity index (χ0v) is 20.7. The molecule has 0 unspecified atom stereocenters. The number of carbonyl (C=O) groups excluding carboxylic acids is 1. The van der Waals surface area contributed by atoms with Crippen LogP contribution in [0.2, 0.25) is 0 Å². The highest BCUT2D eigenvalue weighted by Crippen LogP contribution is 2.26. The number of benzene rings is 1. The minimum Gasteiger partial charge on any atom is -0.340 e. The summed E-state index contributed by atoms with van der Waals surface area (Å²) in [6.45, 7) is 7.01. The highest BCUT2D eigenvalue weighted by molar-refractivity contribution is 7.89. The number of hydrogen-bond acceptors (Lipinski definition) is 7. The van der Waals surface area contributed by atoms with Crippen molar-refractivity contribution in [2.75, 3.05) is 26.2 Å². The Balaban J connectivity index is 1.28. The highest BCUT2D eigenvalue weighted by Gasteiger charge is 2.32. The molecule has 8 nitrogen and oxygen atoms in total. The lowest BCUT2D eigenvalue weighted by Gasteiger charge is -2.34. The van der Waals surface area contributed by atoms with Gasteiger partial charge >= 0.3 is 0 Å². The number of piperazine rings is 1. The summed E-state index contributed by atoms with van der Waals surface area (Å²) in [5.74, 6) is 1.11. The van der Waals surface area contributed by atoms with Crippen molar-refractivity contribution in [3.63, 3.8) is 0 Å². The Morgan fingerprint density at radius 2 is 1.82 bits per heavy atom. The Morgan fingerprint density at radius 3 is 2.45 bits per heavy atom. The summed E-state index contributed by atoms with van der Waals surface area (Å²) in [4.78, 5) is 20.1. The molecule has 0 N–H and O–H groups in total. The Hall–Kier alpha value is -2.56. The SMILES string of the molecule is Cc1cc(C)c(S(=O)(=O)N2CCN(C(=O)CCCc3nc(-c4cccs4)no3)CC2)c(C)c1. The number of thiophene rings is 1. The van der Waals surface area contributed by atoms with Gasteiger partial charge in [0.15, 0.2) is 0 Å². The molecule has 1 aliphatic heterocycles. The van der Waals surface area contributed by atoms with Gasteiger partial charge in [-0.1, -0.05) is 28.9 Å². The average molecular weight is 489 g/mol. The number of hydrogen-bond donors (Lipinski definition) is 0. The van der Waals surface area contributed by atoms with Gasteiger partial charge in [-0.3, -0.25) is 4.79 Å². The van der Waals surface area contributed by atoms with Crippen molar-refractivity contribution < 1.29 is 17.7 Å². The van der Waals surface area contributed by atoms with Gasteiger partial charge in [-0.2, -0.15) is 9.29 Å². The van der Waals surface area contributed by atoms with Gasteiger partial charge in [0.1, 0.15) is 0 Å². The highest BCUT2D eigenvalue weighted by atomic mass is 32.2. The van der Waals surface area contributed by atoms with Crippen molar-refractivity contribution in [1.29, 1.82) is 0 Å². The summed E-state index contributed by atoms with van der Waals surface area (Å²) >= 11 is 1.55. The third-order valence-electron chi connectivity index (χ3n) is 5.78. The van der Waals surface area contributed by atoms with E-state index in [2.05, 4.69) is 10.1 Å². The fourth-order valence-corrected chi connectivity index (χ4v) is 6.77. The Kier molecular flexibility index (Phi) is 6.96. The number of sulfonamides is 1. The fourth-order valence-electron chi connectivity index (χ4n) is 4.29. The smallest absolute Gasteiger partial charge is 0.243 e. The molecule has 1 fully saturated rings. The minimum absolute atomic E-state index is 0.0211. The first-order chi connectivity index (χ1) is 15.8. The molecule has 1 saturated heterocycles. The quantitative estimate of drug-likeness (QED) is 0.504. The molecule has 0 radical (unpaired) electrons. The lowest BCUT2D eigenvalue weighted by molar-refractivity contribution is -0.132. The van der Waals surface area contributed by atoms with Gasteiger partial charge < -0.3 is 9.42 Å². The van der Waals surface area contributed by atoms with Crippen LogP contribution in [-0.2, 0) is 21.2 Å². The molecule has 2 aromatic heterocycles. The molecule has 1 aliphatic rings. The van der Waals surface area contributed by atoms with Crippen LogP contribution < -0.4 is 0 Å². The maximum atomic E-state index is 13.2. The second-order valence-electron chi connectivity index (χ2n) is 8.36. The van der Waals surface area contributed by atoms with Gasteiger partial charge in [-0.15, -0.1) is 11.3 Å². The normalized spacial score (nSPS) is 15.2. The topological polar surface area (TPSA) is 96.6 Å². The Morgan fingerprint density at radius 1 is 1.12 bits per heavy atom. The molecule has 0 aliphatic carbocycles. The predicted octanol–water partition coefficient (Wildman–Crippen LogP) is 3.58. The van der Waals surface area contributed by atoms with Crippen LogP contribution in [0.3, 0.4) is 0 Å². The first-order valence-corrected chi connectivity index (χ1v) is 13.3. The zero-order valence-electron chi connectivity index (χ0n) is 19.1. The molecule has 0 atom stereocenters. The van der Waals surface area contributed by atoms with Crippen LogP contribution in [0.1, 0.15) is 35.4 Å². The molecular formula is C23H28N4O4S2. The molecule has 10 heteroatoms. The van der Waals surface area contributed by atoms with Crippen LogP contribution in [0.25, 0.3) is 10.7 Å². The average Bonchev–Trinajstić information content (AvgIpc) is 3.45. The molecule has 1 amide bonds. The first-order valence-electron chi connectivity index (χ1n) is 11.0. The summed E-state index contributed by atoms with van der Waals surface area (Å²) in [5.41, 5.74) is 2.56. The lowest BCUT2D eigenvalue weighted by atomic mass is 10.1. The monoisotopic (exact) mass is 488 g/mol. The van der Waals surface area contributed by atoms with E-state index in [-0.39, 0.29) is 5.91 Å². The number of aryl methyl sites for hydroxylation is 4. The predicted molar refractivity (Wildman–Crippen MR) is 127 cm³/mol. The molecule has 3 aromatic rings. The van der Waals surface area contributed by atoms with Crippen LogP contribution >= 0.6 is 11.3 Å². The van der Waals surface area contributed by atoms with Crippen molar-refractivity contribution in [1.82, 2.24) is 19.3 Å². The van der Waals surface area contributed by atoms with E-state index in [1.54, 1.807) is 16.2 Å². The number of nitrogens with zero attached hydrogens (tertiary/aromatic N) is 4. The molecule has 0 saturated carbocycles. The van der Waals surface area contributed by atoms with Gasteiger partial charge in [-0.25, -0.2) is 8.42 Å². The van der Waals surface area contributed by atoms with Crippen LogP contribution in [0.4, 0.5) is 0 Å². The van der Waals surface area contributed by atoms with Gasteiger partial charge in [0, 0.05) is 39.0 Å². The van der Waals surface area contributed by atoms with Crippen molar-refractivity contribution in [2.45, 2.75) is 44.9 Å². The van der Waals surface area contributed by atoms with Crippen molar-refractivity contribution in [2.24, 2.45) is 0 Å². The molecular weight excluding hydrogens is 460 g/mol. The molecule has 4 rings (SSSR count). The van der Waals surface area contributed by atoms with E-state index >= 15 is 0 Å². The Bertz CT molecular complexity index is 1200. The third-order valence-corrected chi connectivity index (χ3v) is 8.86. The zero-order chi connectivity index (χ0) is 23.6. The van der Waals surface area contributed by atoms with E-state index in [1.807, 2.05) is 50.4 Å². The standard InChI is InChI=1S/C23H28N4O4S2/c1-16-14-17(2)22(18(3)15-16)33(29,30)27-11-9-26(10-12-27)21(28)8-4-7-20-24-23(25-31-20)19-6-5-13-32-19/h5-6,13-15H,4,7-12H2,1-3H3. The molecule has 0 bridgehead atoms. The van der Waals surface area contributed by atoms with Crippen LogP contribution in [0.5, 0.6) is 0 Å². The molecule has 1 aromatic carbocycles. The van der Waals surface area contributed by atoms with Gasteiger partial charge in [0.25, 0.3) is 0 Å². The van der Waals surface area contributed by atoms with E-state index in [9.17, 15) is 13.2 Å². The number of carbonyl (C=O) groups is 1. The summed E-state index contributed by atoms with van der Waals surface area (Å²) < 4.78 is 33.2. The second-order valence-corrected chi connectivity index (χ2v) is 11.2. The first kappa shape index (κ1) is 23.6. The fraction of sp³-hybridized carbons (Fsp3) is 0.435. The number of amides is 1. The summed E-state index contributed by atoms with van der Waals surface area (Å²) in [6, 6.07) is 7.66. The maximum Gasteiger partial charge on any atom is 0.243 e. The minimum atomic E-state index is -3.59. The number of aromatic nitrogens is 2. The van der Waals surface area contributed by atoms with Crippen LogP contribution in [-0.4, -0.2) is 59.8 Å². The van der Waals surface area contributed by atoms with E-state index < -0.39 is 10.0 Å². The van der Waals surface area contributed by atoms with Crippen molar-refractivity contribution in [3.8, 4) is 10.7 Å². The molecule has 3 heterocycles. The number of rotatable bonds is 7. The largest absolute Gasteiger partial charge is 0.340 e. The maximum absolute atomic E-state index is 13.2. The van der Waals surface area contributed by atoms with Crippen LogP contribution in [0.15, 0.2) is 39.1 Å². The van der Waals surface area contributed by atoms with Crippen molar-refractivity contribution in [3.05, 3.63) is 52.2 Å². The molecule has 0 spiro atoms. The summed E-state index contributed by atoms with van der Waals surface area (Å²) in [5, 5.41) is 5.94. The lowest BCUT2D eigenvalue weighted by Crippen LogP contribution is -2.50. The van der Waals surface area contributed by atoms with E-state index in [1.165, 1.54) is 4.31 Å².